The van der Waals surface area contributed by atoms with Gasteiger partial charge >= 0.3 is 35.8 Å². The molecule has 0 aromatic carbocycles. The van der Waals surface area contributed by atoms with Crippen LogP contribution in [0.3, 0.4) is 0 Å². The molecule has 0 bridgehead atoms. The van der Waals surface area contributed by atoms with Crippen LogP contribution >= 0.6 is 0 Å². The second kappa shape index (κ2) is 23.6. The third-order valence-corrected chi connectivity index (χ3v) is 5.18. The van der Waals surface area contributed by atoms with E-state index >= 15 is 0 Å². The van der Waals surface area contributed by atoms with Gasteiger partial charge in [-0.05, 0) is 0 Å². The molecule has 0 aromatic rings. The van der Waals surface area contributed by atoms with Crippen LogP contribution in [0.25, 0.3) is 0 Å². The first-order valence-corrected chi connectivity index (χ1v) is 12.6. The zero-order valence-corrected chi connectivity index (χ0v) is 25.1. The van der Waals surface area contributed by atoms with Crippen LogP contribution in [0.4, 0.5) is 0 Å². The van der Waals surface area contributed by atoms with Crippen LogP contribution in [0.5, 0.6) is 0 Å². The Labute approximate surface area is 265 Å². The smallest absolute Gasteiger partial charge is 0.330 e. The molecule has 0 aliphatic carbocycles. The van der Waals surface area contributed by atoms with Gasteiger partial charge in [0.25, 0.3) is 0 Å². The lowest BCUT2D eigenvalue weighted by Crippen LogP contribution is -2.42. The number of hydrogen-bond donors (Lipinski definition) is 2. The van der Waals surface area contributed by atoms with Crippen LogP contribution in [0.2, 0.25) is 0 Å². The molecule has 2 N–H and O–H groups in total. The first-order valence-electron chi connectivity index (χ1n) is 12.6. The second-order valence-electron chi connectivity index (χ2n) is 8.55. The molecule has 0 aromatic heterocycles. The van der Waals surface area contributed by atoms with Crippen molar-refractivity contribution in [1.29, 1.82) is 0 Å². The highest BCUT2D eigenvalue weighted by Gasteiger charge is 2.40. The van der Waals surface area contributed by atoms with Crippen LogP contribution in [0, 0.1) is 23.0 Å². The van der Waals surface area contributed by atoms with Gasteiger partial charge in [0, 0.05) is 36.5 Å². The van der Waals surface area contributed by atoms with Gasteiger partial charge in [0.05, 0.1) is 12.0 Å². The van der Waals surface area contributed by atoms with E-state index in [1.54, 1.807) is 0 Å². The summed E-state index contributed by atoms with van der Waals surface area (Å²) in [6, 6.07) is 0. The summed E-state index contributed by atoms with van der Waals surface area (Å²) >= 11 is 0. The number of rotatable bonds is 21. The standard InChI is InChI=1S/C17H18O8.C14H18O7/c1-5-14(19)23-10-17(11-24-15(20)6-2,12-25-16(21)7-3)13(4)22-9-8-18;1-4-11(16)19-8-14(7-15,9-20-12(17)5-2)10-21-13(18)6-3/h5-7,18H,1-4,10-12H2;4-6,15H,1-3,7-10H2. The van der Waals surface area contributed by atoms with E-state index in [2.05, 4.69) is 46.1 Å². The van der Waals surface area contributed by atoms with Crippen molar-refractivity contribution in [2.75, 3.05) is 46.2 Å². The summed E-state index contributed by atoms with van der Waals surface area (Å²) < 4.78 is 34.2. The summed E-state index contributed by atoms with van der Waals surface area (Å²) in [5.41, 5.74) is -2.78. The number of aliphatic hydroxyl groups excluding tert-OH is 2. The van der Waals surface area contributed by atoms with E-state index in [1.165, 1.54) is 6.11 Å². The van der Waals surface area contributed by atoms with Gasteiger partial charge in [-0.3, -0.25) is 0 Å². The highest BCUT2D eigenvalue weighted by atomic mass is 16.6. The lowest BCUT2D eigenvalue weighted by molar-refractivity contribution is -0.160. The Morgan fingerprint density at radius 3 is 1.02 bits per heavy atom. The fraction of sp³-hybridized carbons (Fsp3) is 0.290. The van der Waals surface area contributed by atoms with E-state index in [9.17, 15) is 33.9 Å². The zero-order chi connectivity index (χ0) is 35.6. The number of hydrogen-bond acceptors (Lipinski definition) is 15. The average molecular weight is 649 g/mol. The molecule has 0 atom stereocenters. The predicted octanol–water partition coefficient (Wildman–Crippen LogP) is 1.13. The predicted molar refractivity (Wildman–Crippen MR) is 159 cm³/mol. The molecule has 0 aliphatic heterocycles. The van der Waals surface area contributed by atoms with Gasteiger partial charge < -0.3 is 43.4 Å². The summed E-state index contributed by atoms with van der Waals surface area (Å²) in [6.07, 6.45) is 8.92. The number of ether oxygens (including phenoxy) is 7. The Morgan fingerprint density at radius 2 is 0.804 bits per heavy atom. The largest absolute Gasteiger partial charge is 0.462 e. The lowest BCUT2D eigenvalue weighted by Gasteiger charge is -2.31. The van der Waals surface area contributed by atoms with Crippen LogP contribution in [0.1, 0.15) is 0 Å². The van der Waals surface area contributed by atoms with Gasteiger partial charge in [0.15, 0.2) is 12.2 Å². The Balaban J connectivity index is 0. The molecule has 0 saturated carbocycles. The van der Waals surface area contributed by atoms with Crippen molar-refractivity contribution < 1.29 is 72.1 Å². The number of carbonyl (C=O) groups is 6. The molecular weight excluding hydrogens is 612 g/mol. The summed E-state index contributed by atoms with van der Waals surface area (Å²) in [5.74, 6) is -4.70. The molecular formula is C31H36O15. The molecule has 0 amide bonds. The van der Waals surface area contributed by atoms with Gasteiger partial charge in [0.1, 0.15) is 50.8 Å². The van der Waals surface area contributed by atoms with E-state index in [-0.39, 0.29) is 25.6 Å². The normalized spacial score (nSPS) is 9.76. The van der Waals surface area contributed by atoms with E-state index in [4.69, 9.17) is 38.3 Å². The highest BCUT2D eigenvalue weighted by molar-refractivity contribution is 5.83. The maximum atomic E-state index is 11.4. The van der Waals surface area contributed by atoms with Crippen molar-refractivity contribution in [3.05, 3.63) is 88.3 Å². The van der Waals surface area contributed by atoms with E-state index in [1.807, 2.05) is 6.11 Å². The second-order valence-corrected chi connectivity index (χ2v) is 8.55. The minimum Gasteiger partial charge on any atom is -0.462 e. The Morgan fingerprint density at radius 1 is 0.543 bits per heavy atom. The van der Waals surface area contributed by atoms with Crippen molar-refractivity contribution in [2.45, 2.75) is 0 Å². The van der Waals surface area contributed by atoms with Crippen LogP contribution in [-0.2, 0) is 61.9 Å². The summed E-state index contributed by atoms with van der Waals surface area (Å²) in [5, 5.41) is 18.0. The molecule has 0 rings (SSSR count). The molecule has 46 heavy (non-hydrogen) atoms. The lowest BCUT2D eigenvalue weighted by atomic mass is 9.89. The Kier molecular flexibility index (Phi) is 21.6. The Bertz CT molecular complexity index is 1110. The molecule has 0 spiro atoms. The summed E-state index contributed by atoms with van der Waals surface area (Å²) in [4.78, 5) is 67.4. The highest BCUT2D eigenvalue weighted by Crippen LogP contribution is 2.30. The maximum Gasteiger partial charge on any atom is 0.330 e. The number of aliphatic hydroxyl groups is 2. The van der Waals surface area contributed by atoms with Crippen molar-refractivity contribution in [3.63, 3.8) is 0 Å². The van der Waals surface area contributed by atoms with E-state index in [0.29, 0.717) is 0 Å². The van der Waals surface area contributed by atoms with Crippen LogP contribution < -0.4 is 0 Å². The van der Waals surface area contributed by atoms with Crippen molar-refractivity contribution in [3.8, 4) is 12.2 Å². The SMILES string of the molecule is C=CC(=O)OCC(CO)(COC(=O)C=C)COC(=O)C=C.C=CC(=O)OCC(COC(=O)C=C)(COC(=O)C=C)C(=C)OC#CO. The minimum atomic E-state index is -1.50. The average Bonchev–Trinajstić information content (AvgIpc) is 3.09. The van der Waals surface area contributed by atoms with Crippen LogP contribution in [0.15, 0.2) is 88.3 Å². The van der Waals surface area contributed by atoms with E-state index < -0.39 is 73.1 Å². The number of esters is 6. The molecule has 0 fully saturated rings. The third kappa shape index (κ3) is 17.3. The number of carbonyl (C=O) groups excluding carboxylic acids is 6. The monoisotopic (exact) mass is 648 g/mol. The van der Waals surface area contributed by atoms with Crippen LogP contribution in [-0.4, -0.2) is 92.3 Å². The maximum absolute atomic E-state index is 11.4. The van der Waals surface area contributed by atoms with Gasteiger partial charge in [-0.1, -0.05) is 46.1 Å². The molecule has 0 aliphatic rings. The zero-order valence-electron chi connectivity index (χ0n) is 25.1. The Hall–Kier alpha value is -5.88. The fourth-order valence-corrected chi connectivity index (χ4v) is 2.48. The van der Waals surface area contributed by atoms with E-state index in [0.717, 1.165) is 36.5 Å². The first-order chi connectivity index (χ1) is 21.8. The van der Waals surface area contributed by atoms with Crippen molar-refractivity contribution in [2.24, 2.45) is 10.8 Å². The van der Waals surface area contributed by atoms with Gasteiger partial charge in [0.2, 0.25) is 0 Å². The quantitative estimate of drug-likeness (QED) is 0.0588. The van der Waals surface area contributed by atoms with Crippen molar-refractivity contribution >= 4 is 35.8 Å². The fourth-order valence-electron chi connectivity index (χ4n) is 2.48. The van der Waals surface area contributed by atoms with Gasteiger partial charge in [-0.2, -0.15) is 0 Å². The summed E-state index contributed by atoms with van der Waals surface area (Å²) in [6.45, 7) is 20.1. The molecule has 0 heterocycles. The topological polar surface area (TPSA) is 207 Å². The molecule has 0 unspecified atom stereocenters. The molecule has 15 nitrogen and oxygen atoms in total. The summed E-state index contributed by atoms with van der Waals surface area (Å²) in [7, 11) is 0. The molecule has 0 saturated heterocycles. The molecule has 250 valence electrons. The molecule has 15 heteroatoms. The van der Waals surface area contributed by atoms with Crippen molar-refractivity contribution in [1.82, 2.24) is 0 Å². The van der Waals surface area contributed by atoms with Gasteiger partial charge in [-0.15, -0.1) is 0 Å². The third-order valence-electron chi connectivity index (χ3n) is 5.18. The van der Waals surface area contributed by atoms with Gasteiger partial charge in [-0.25, -0.2) is 28.8 Å². The first kappa shape index (κ1) is 42.3. The minimum absolute atomic E-state index is 0.181. The molecule has 0 radical (unpaired) electrons.